The van der Waals surface area contributed by atoms with Crippen molar-refractivity contribution in [2.24, 2.45) is 0 Å². The fourth-order valence-corrected chi connectivity index (χ4v) is 2.74. The minimum atomic E-state index is -0.237. The molecular weight excluding hydrogens is 328 g/mol. The lowest BCUT2D eigenvalue weighted by molar-refractivity contribution is 0.0931. The number of hydrogen-bond donors (Lipinski definition) is 2. The molecule has 26 heavy (non-hydrogen) atoms. The topological polar surface area (TPSA) is 88.0 Å². The lowest BCUT2D eigenvalue weighted by Crippen LogP contribution is -2.32. The van der Waals surface area contributed by atoms with Gasteiger partial charge in [0.1, 0.15) is 5.65 Å². The van der Waals surface area contributed by atoms with Crippen molar-refractivity contribution in [2.45, 2.75) is 19.4 Å². The Morgan fingerprint density at radius 2 is 2.27 bits per heavy atom. The van der Waals surface area contributed by atoms with E-state index in [0.717, 1.165) is 16.7 Å². The van der Waals surface area contributed by atoms with E-state index in [-0.39, 0.29) is 17.8 Å². The molecule has 0 aliphatic rings. The van der Waals surface area contributed by atoms with E-state index in [4.69, 9.17) is 0 Å². The van der Waals surface area contributed by atoms with Gasteiger partial charge in [-0.15, -0.1) is 0 Å². The summed E-state index contributed by atoms with van der Waals surface area (Å²) in [6.45, 7) is 1.95. The Bertz CT molecular complexity index is 1060. The van der Waals surface area contributed by atoms with Crippen molar-refractivity contribution in [3.8, 4) is 0 Å². The average molecular weight is 346 g/mol. The molecule has 7 heteroatoms. The first-order valence-electron chi connectivity index (χ1n) is 8.40. The summed E-state index contributed by atoms with van der Waals surface area (Å²) in [5.41, 5.74) is 3.22. The number of amides is 1. The van der Waals surface area contributed by atoms with E-state index in [1.807, 2.05) is 60.3 Å². The minimum absolute atomic E-state index is 0.0248. The zero-order valence-electron chi connectivity index (χ0n) is 14.3. The molecule has 4 heterocycles. The molecule has 0 bridgehead atoms. The first-order valence-corrected chi connectivity index (χ1v) is 8.40. The molecule has 1 atom stereocenters. The highest BCUT2D eigenvalue weighted by molar-refractivity contribution is 5.93. The average Bonchev–Trinajstić information content (AvgIpc) is 3.27. The Labute approximate surface area is 149 Å². The van der Waals surface area contributed by atoms with Gasteiger partial charge in [-0.25, -0.2) is 15.0 Å². The number of nitrogens with zero attached hydrogens (tertiary/aromatic N) is 4. The van der Waals surface area contributed by atoms with Crippen LogP contribution in [0.15, 0.2) is 55.1 Å². The van der Waals surface area contributed by atoms with Crippen molar-refractivity contribution in [3.05, 3.63) is 66.5 Å². The molecule has 0 spiro atoms. The highest BCUT2D eigenvalue weighted by atomic mass is 16.2. The number of H-pyrrole nitrogens is 1. The van der Waals surface area contributed by atoms with Gasteiger partial charge in [-0.2, -0.15) is 0 Å². The normalized spacial score (nSPS) is 12.8. The highest BCUT2D eigenvalue weighted by Crippen LogP contribution is 2.09. The molecule has 0 aromatic carbocycles. The maximum Gasteiger partial charge on any atom is 0.287 e. The number of carbonyl (C=O) groups is 1. The number of aromatic nitrogens is 5. The molecular formula is C19H18N6O. The van der Waals surface area contributed by atoms with Gasteiger partial charge in [-0.3, -0.25) is 4.79 Å². The number of hydrogen-bond acceptors (Lipinski definition) is 4. The summed E-state index contributed by atoms with van der Waals surface area (Å²) < 4.78 is 1.97. The second kappa shape index (κ2) is 6.79. The van der Waals surface area contributed by atoms with Crippen molar-refractivity contribution in [1.29, 1.82) is 0 Å². The van der Waals surface area contributed by atoms with Crippen LogP contribution in [-0.4, -0.2) is 36.3 Å². The molecule has 0 saturated carbocycles. The number of pyridine rings is 1. The first kappa shape index (κ1) is 16.0. The summed E-state index contributed by atoms with van der Waals surface area (Å²) in [5.74, 6) is 0.0381. The van der Waals surface area contributed by atoms with E-state index < -0.39 is 0 Å². The Morgan fingerprint density at radius 1 is 1.35 bits per heavy atom. The predicted octanol–water partition coefficient (Wildman–Crippen LogP) is 2.83. The number of carbonyl (C=O) groups excluding carboxylic acids is 1. The fourth-order valence-electron chi connectivity index (χ4n) is 2.74. The summed E-state index contributed by atoms with van der Waals surface area (Å²) in [4.78, 5) is 28.0. The third-order valence-electron chi connectivity index (χ3n) is 4.04. The molecule has 7 nitrogen and oxygen atoms in total. The molecule has 0 fully saturated rings. The van der Waals surface area contributed by atoms with Gasteiger partial charge in [-0.05, 0) is 37.6 Å². The van der Waals surface area contributed by atoms with E-state index in [2.05, 4.69) is 25.3 Å². The van der Waals surface area contributed by atoms with Gasteiger partial charge in [-0.1, -0.05) is 12.2 Å². The van der Waals surface area contributed by atoms with Gasteiger partial charge in [0.15, 0.2) is 11.5 Å². The largest absolute Gasteiger partial charge is 0.347 e. The number of imidazole rings is 1. The van der Waals surface area contributed by atoms with Crippen LogP contribution in [0.4, 0.5) is 0 Å². The summed E-state index contributed by atoms with van der Waals surface area (Å²) in [6.07, 6.45) is 12.2. The third kappa shape index (κ3) is 3.32. The maximum absolute atomic E-state index is 12.3. The summed E-state index contributed by atoms with van der Waals surface area (Å²) in [6, 6.07) is 7.53. The zero-order chi connectivity index (χ0) is 17.9. The van der Waals surface area contributed by atoms with Gasteiger partial charge >= 0.3 is 0 Å². The van der Waals surface area contributed by atoms with E-state index in [9.17, 15) is 4.79 Å². The van der Waals surface area contributed by atoms with Crippen LogP contribution in [0.1, 0.15) is 29.5 Å². The molecule has 4 rings (SSSR count). The SMILES string of the molecule is C[C@@H](C/C=C/c1cnc2cccn2c1)NC(=O)c1nc2ncccc2[nH]1. The second-order valence-corrected chi connectivity index (χ2v) is 6.13. The van der Waals surface area contributed by atoms with E-state index >= 15 is 0 Å². The smallest absolute Gasteiger partial charge is 0.287 e. The van der Waals surface area contributed by atoms with Gasteiger partial charge < -0.3 is 14.7 Å². The first-order chi connectivity index (χ1) is 12.7. The quantitative estimate of drug-likeness (QED) is 0.582. The van der Waals surface area contributed by atoms with Crippen molar-refractivity contribution in [1.82, 2.24) is 29.7 Å². The lowest BCUT2D eigenvalue weighted by Gasteiger charge is -2.10. The van der Waals surface area contributed by atoms with Crippen LogP contribution in [0.3, 0.4) is 0 Å². The molecule has 0 aliphatic heterocycles. The zero-order valence-corrected chi connectivity index (χ0v) is 14.3. The molecule has 2 N–H and O–H groups in total. The van der Waals surface area contributed by atoms with Crippen LogP contribution in [0, 0.1) is 0 Å². The molecule has 0 radical (unpaired) electrons. The van der Waals surface area contributed by atoms with Crippen LogP contribution in [0.25, 0.3) is 22.9 Å². The Morgan fingerprint density at radius 3 is 3.15 bits per heavy atom. The minimum Gasteiger partial charge on any atom is -0.347 e. The van der Waals surface area contributed by atoms with Crippen LogP contribution < -0.4 is 5.32 Å². The van der Waals surface area contributed by atoms with Crippen molar-refractivity contribution < 1.29 is 4.79 Å². The van der Waals surface area contributed by atoms with Crippen molar-refractivity contribution in [3.63, 3.8) is 0 Å². The lowest BCUT2D eigenvalue weighted by atomic mass is 10.2. The number of aromatic amines is 1. The van der Waals surface area contributed by atoms with E-state index in [0.29, 0.717) is 12.1 Å². The fraction of sp³-hybridized carbons (Fsp3) is 0.158. The Balaban J connectivity index is 1.36. The number of fused-ring (bicyclic) bond motifs is 2. The molecule has 4 aromatic heterocycles. The Hall–Kier alpha value is -3.48. The third-order valence-corrected chi connectivity index (χ3v) is 4.04. The molecule has 1 amide bonds. The van der Waals surface area contributed by atoms with Gasteiger partial charge in [0.25, 0.3) is 5.91 Å². The molecule has 130 valence electrons. The van der Waals surface area contributed by atoms with Gasteiger partial charge in [0, 0.05) is 36.4 Å². The molecule has 0 saturated heterocycles. The van der Waals surface area contributed by atoms with E-state index in [1.54, 1.807) is 12.3 Å². The summed E-state index contributed by atoms with van der Waals surface area (Å²) in [5, 5.41) is 2.94. The highest BCUT2D eigenvalue weighted by Gasteiger charge is 2.13. The van der Waals surface area contributed by atoms with Crippen molar-refractivity contribution >= 4 is 28.8 Å². The van der Waals surface area contributed by atoms with Gasteiger partial charge in [0.05, 0.1) is 5.52 Å². The predicted molar refractivity (Wildman–Crippen MR) is 99.7 cm³/mol. The molecule has 4 aromatic rings. The summed E-state index contributed by atoms with van der Waals surface area (Å²) in [7, 11) is 0. The van der Waals surface area contributed by atoms with Crippen LogP contribution in [0.2, 0.25) is 0 Å². The second-order valence-electron chi connectivity index (χ2n) is 6.13. The van der Waals surface area contributed by atoms with Crippen LogP contribution in [0.5, 0.6) is 0 Å². The molecule has 0 unspecified atom stereocenters. The van der Waals surface area contributed by atoms with E-state index in [1.165, 1.54) is 0 Å². The maximum atomic E-state index is 12.3. The standard InChI is InChI=1S/C19H18N6O/c1-13(5-2-6-14-11-21-16-8-4-10-25(16)12-14)22-19(26)18-23-15-7-3-9-20-17(15)24-18/h2-4,6-13H,5H2,1H3,(H,22,26)(H,20,23,24)/b6-2+/t13-/m0/s1. The molecule has 0 aliphatic carbocycles. The van der Waals surface area contributed by atoms with Gasteiger partial charge in [0.2, 0.25) is 0 Å². The van der Waals surface area contributed by atoms with Crippen molar-refractivity contribution in [2.75, 3.05) is 0 Å². The van der Waals surface area contributed by atoms with Crippen LogP contribution >= 0.6 is 0 Å². The van der Waals surface area contributed by atoms with Crippen LogP contribution in [-0.2, 0) is 0 Å². The summed E-state index contributed by atoms with van der Waals surface area (Å²) >= 11 is 0. The number of rotatable bonds is 5. The Kier molecular flexibility index (Phi) is 4.18. The number of nitrogens with one attached hydrogen (secondary N) is 2. The monoisotopic (exact) mass is 346 g/mol.